The van der Waals surface area contributed by atoms with Gasteiger partial charge in [-0.2, -0.15) is 0 Å². The summed E-state index contributed by atoms with van der Waals surface area (Å²) in [6, 6.07) is 14.6. The molecule has 30 heavy (non-hydrogen) atoms. The predicted octanol–water partition coefficient (Wildman–Crippen LogP) is 3.20. The molecule has 1 fully saturated rings. The summed E-state index contributed by atoms with van der Waals surface area (Å²) in [5.41, 5.74) is 1.63. The van der Waals surface area contributed by atoms with Crippen LogP contribution in [0.5, 0.6) is 5.75 Å². The molecule has 0 spiro atoms. The lowest BCUT2D eigenvalue weighted by molar-refractivity contribution is -0.144. The van der Waals surface area contributed by atoms with Gasteiger partial charge in [0.15, 0.2) is 0 Å². The molecule has 0 radical (unpaired) electrons. The van der Waals surface area contributed by atoms with Crippen molar-refractivity contribution in [3.05, 3.63) is 53.6 Å². The zero-order valence-corrected chi connectivity index (χ0v) is 17.6. The normalized spacial score (nSPS) is 15.5. The number of benzene rings is 2. The van der Waals surface area contributed by atoms with Crippen molar-refractivity contribution in [3.63, 3.8) is 0 Å². The van der Waals surface area contributed by atoms with Crippen molar-refractivity contribution in [1.82, 2.24) is 4.90 Å². The first-order valence-electron chi connectivity index (χ1n) is 9.85. The molecule has 1 aliphatic heterocycles. The van der Waals surface area contributed by atoms with E-state index in [1.165, 1.54) is 0 Å². The molecule has 1 amide bonds. The second-order valence-corrected chi connectivity index (χ2v) is 7.69. The summed E-state index contributed by atoms with van der Waals surface area (Å²) < 4.78 is 5.44. The quantitative estimate of drug-likeness (QED) is 0.668. The third-order valence-electron chi connectivity index (χ3n) is 5.19. The molecule has 1 unspecified atom stereocenters. The fourth-order valence-electron chi connectivity index (χ4n) is 3.57. The lowest BCUT2D eigenvalue weighted by Crippen LogP contribution is -2.49. The second kappa shape index (κ2) is 10.3. The number of piperazine rings is 1. The number of halogens is 1. The average Bonchev–Trinajstić information content (AvgIpc) is 2.75. The van der Waals surface area contributed by atoms with Crippen molar-refractivity contribution in [2.45, 2.75) is 6.42 Å². The van der Waals surface area contributed by atoms with Crippen LogP contribution in [0.4, 0.5) is 11.4 Å². The van der Waals surface area contributed by atoms with Crippen LogP contribution < -0.4 is 15.0 Å². The molecule has 0 aliphatic carbocycles. The van der Waals surface area contributed by atoms with E-state index < -0.39 is 11.9 Å². The summed E-state index contributed by atoms with van der Waals surface area (Å²) in [5.74, 6) is -1.23. The van der Waals surface area contributed by atoms with Crippen molar-refractivity contribution in [1.29, 1.82) is 0 Å². The summed E-state index contributed by atoms with van der Waals surface area (Å²) >= 11 is 5.84. The number of carbonyl (C=O) groups is 2. The topological polar surface area (TPSA) is 82.1 Å². The zero-order chi connectivity index (χ0) is 21.5. The number of para-hydroxylation sites is 2. The summed E-state index contributed by atoms with van der Waals surface area (Å²) in [7, 11) is 1.65. The maximum atomic E-state index is 12.3. The minimum Gasteiger partial charge on any atom is -0.495 e. The first kappa shape index (κ1) is 21.9. The van der Waals surface area contributed by atoms with Crippen LogP contribution in [0.25, 0.3) is 0 Å². The van der Waals surface area contributed by atoms with E-state index in [4.69, 9.17) is 16.3 Å². The molecule has 2 aromatic rings. The smallest absolute Gasteiger partial charge is 0.308 e. The van der Waals surface area contributed by atoms with E-state index >= 15 is 0 Å². The number of ether oxygens (including phenoxy) is 1. The second-order valence-electron chi connectivity index (χ2n) is 7.25. The third-order valence-corrected chi connectivity index (χ3v) is 5.44. The first-order chi connectivity index (χ1) is 14.5. The van der Waals surface area contributed by atoms with E-state index in [2.05, 4.69) is 15.1 Å². The highest BCUT2D eigenvalue weighted by atomic mass is 35.5. The van der Waals surface area contributed by atoms with E-state index in [1.54, 1.807) is 31.4 Å². The van der Waals surface area contributed by atoms with Gasteiger partial charge in [0.2, 0.25) is 5.91 Å². The summed E-state index contributed by atoms with van der Waals surface area (Å²) in [4.78, 5) is 28.4. The van der Waals surface area contributed by atoms with Gasteiger partial charge in [0.05, 0.1) is 18.7 Å². The minimum atomic E-state index is -0.964. The van der Waals surface area contributed by atoms with Gasteiger partial charge in [0, 0.05) is 49.9 Å². The number of carboxylic acid groups (broad SMARTS) is 1. The highest BCUT2D eigenvalue weighted by molar-refractivity contribution is 6.30. The average molecular weight is 432 g/mol. The number of carboxylic acids is 1. The van der Waals surface area contributed by atoms with Gasteiger partial charge in [-0.1, -0.05) is 23.7 Å². The van der Waals surface area contributed by atoms with Crippen LogP contribution >= 0.6 is 11.6 Å². The molecule has 1 aliphatic rings. The van der Waals surface area contributed by atoms with Crippen molar-refractivity contribution < 1.29 is 19.4 Å². The third kappa shape index (κ3) is 5.87. The number of nitrogens with one attached hydrogen (secondary N) is 1. The van der Waals surface area contributed by atoms with Crippen molar-refractivity contribution in [2.75, 3.05) is 50.1 Å². The number of aliphatic carboxylic acids is 1. The summed E-state index contributed by atoms with van der Waals surface area (Å²) in [6.07, 6.45) is -0.0787. The molecule has 8 heteroatoms. The Balaban J connectivity index is 1.53. The van der Waals surface area contributed by atoms with Gasteiger partial charge in [-0.15, -0.1) is 0 Å². The zero-order valence-electron chi connectivity index (χ0n) is 16.9. The van der Waals surface area contributed by atoms with Gasteiger partial charge in [-0.3, -0.25) is 14.5 Å². The SMILES string of the molecule is COc1ccccc1N1CCN(CC(CC(=O)Nc2ccc(Cl)cc2)C(=O)O)CC1. The molecule has 7 nitrogen and oxygen atoms in total. The van der Waals surface area contributed by atoms with E-state index in [-0.39, 0.29) is 12.3 Å². The molecule has 2 aromatic carbocycles. The molecular formula is C22H26ClN3O4. The Kier molecular flexibility index (Phi) is 7.54. The van der Waals surface area contributed by atoms with Gasteiger partial charge in [0.25, 0.3) is 0 Å². The van der Waals surface area contributed by atoms with Crippen LogP contribution in [0.15, 0.2) is 48.5 Å². The van der Waals surface area contributed by atoms with Gasteiger partial charge in [-0.25, -0.2) is 0 Å². The van der Waals surface area contributed by atoms with Gasteiger partial charge < -0.3 is 20.1 Å². The number of amides is 1. The van der Waals surface area contributed by atoms with Crippen LogP contribution in [0.1, 0.15) is 6.42 Å². The molecule has 3 rings (SSSR count). The Morgan fingerprint density at radius 1 is 1.10 bits per heavy atom. The number of anilines is 2. The first-order valence-corrected chi connectivity index (χ1v) is 10.2. The number of rotatable bonds is 8. The minimum absolute atomic E-state index is 0.0787. The van der Waals surface area contributed by atoms with Crippen LogP contribution in [-0.2, 0) is 9.59 Å². The Labute approximate surface area is 181 Å². The number of hydrogen-bond acceptors (Lipinski definition) is 5. The van der Waals surface area contributed by atoms with E-state index in [0.29, 0.717) is 17.3 Å². The van der Waals surface area contributed by atoms with E-state index in [1.807, 2.05) is 24.3 Å². The molecule has 0 bridgehead atoms. The molecular weight excluding hydrogens is 406 g/mol. The monoisotopic (exact) mass is 431 g/mol. The highest BCUT2D eigenvalue weighted by Gasteiger charge is 2.27. The van der Waals surface area contributed by atoms with Gasteiger partial charge in [-0.05, 0) is 36.4 Å². The number of hydrogen-bond donors (Lipinski definition) is 2. The molecule has 0 saturated carbocycles. The standard InChI is InChI=1S/C22H26ClN3O4/c1-30-20-5-3-2-4-19(20)26-12-10-25(11-13-26)15-16(22(28)29)14-21(27)24-18-8-6-17(23)7-9-18/h2-9,16H,10-15H2,1H3,(H,24,27)(H,28,29). The Hall–Kier alpha value is -2.77. The predicted molar refractivity (Wildman–Crippen MR) is 117 cm³/mol. The largest absolute Gasteiger partial charge is 0.495 e. The molecule has 1 heterocycles. The summed E-state index contributed by atoms with van der Waals surface area (Å²) in [6.45, 7) is 3.32. The van der Waals surface area contributed by atoms with Crippen molar-refractivity contribution in [3.8, 4) is 5.75 Å². The maximum Gasteiger partial charge on any atom is 0.308 e. The van der Waals surface area contributed by atoms with Crippen LogP contribution in [0.3, 0.4) is 0 Å². The van der Waals surface area contributed by atoms with Crippen molar-refractivity contribution >= 4 is 34.9 Å². The molecule has 2 N–H and O–H groups in total. The fraction of sp³-hybridized carbons (Fsp3) is 0.364. The van der Waals surface area contributed by atoms with Crippen LogP contribution in [0, 0.1) is 5.92 Å². The lowest BCUT2D eigenvalue weighted by atomic mass is 10.0. The van der Waals surface area contributed by atoms with E-state index in [9.17, 15) is 14.7 Å². The van der Waals surface area contributed by atoms with Gasteiger partial charge in [0.1, 0.15) is 5.75 Å². The molecule has 0 aromatic heterocycles. The Morgan fingerprint density at radius 2 is 1.77 bits per heavy atom. The van der Waals surface area contributed by atoms with Crippen LogP contribution in [0.2, 0.25) is 5.02 Å². The van der Waals surface area contributed by atoms with Crippen molar-refractivity contribution in [2.24, 2.45) is 5.92 Å². The Bertz CT molecular complexity index is 867. The number of nitrogens with zero attached hydrogens (tertiary/aromatic N) is 2. The molecule has 1 saturated heterocycles. The lowest BCUT2D eigenvalue weighted by Gasteiger charge is -2.37. The number of methoxy groups -OCH3 is 1. The Morgan fingerprint density at radius 3 is 2.40 bits per heavy atom. The highest BCUT2D eigenvalue weighted by Crippen LogP contribution is 2.28. The van der Waals surface area contributed by atoms with Gasteiger partial charge >= 0.3 is 5.97 Å². The molecule has 1 atom stereocenters. The molecule has 160 valence electrons. The number of carbonyl (C=O) groups excluding carboxylic acids is 1. The maximum absolute atomic E-state index is 12.3. The fourth-order valence-corrected chi connectivity index (χ4v) is 3.70. The van der Waals surface area contributed by atoms with E-state index in [0.717, 1.165) is 37.6 Å². The van der Waals surface area contributed by atoms with Crippen LogP contribution in [-0.4, -0.2) is 61.7 Å². The summed E-state index contributed by atoms with van der Waals surface area (Å²) in [5, 5.41) is 12.9.